The third-order valence-electron chi connectivity index (χ3n) is 2.63. The number of halogens is 1. The van der Waals surface area contributed by atoms with E-state index in [0.717, 1.165) is 9.86 Å². The molecular weight excluding hydrogens is 296 g/mol. The first-order chi connectivity index (χ1) is 8.61. The minimum Gasteiger partial charge on any atom is -0.355 e. The third kappa shape index (κ3) is 2.61. The lowest BCUT2D eigenvalue weighted by Crippen LogP contribution is -2.31. The average molecular weight is 309 g/mol. The highest BCUT2D eigenvalue weighted by Crippen LogP contribution is 2.16. The number of hydrogen-bond acceptors (Lipinski definition) is 2. The van der Waals surface area contributed by atoms with Gasteiger partial charge in [0.15, 0.2) is 0 Å². The molecule has 0 saturated heterocycles. The fraction of sp³-hybridized carbons (Fsp3) is 0.231. The predicted molar refractivity (Wildman–Crippen MR) is 74.6 cm³/mol. The Labute approximate surface area is 113 Å². The Morgan fingerprint density at radius 3 is 2.89 bits per heavy atom. The number of rotatable bonds is 3. The highest BCUT2D eigenvalue weighted by molar-refractivity contribution is 9.10. The molecule has 1 heterocycles. The van der Waals surface area contributed by atoms with Crippen molar-refractivity contribution in [1.82, 2.24) is 9.88 Å². The summed E-state index contributed by atoms with van der Waals surface area (Å²) in [6.45, 7) is 2.46. The monoisotopic (exact) mass is 308 g/mol. The highest BCUT2D eigenvalue weighted by Gasteiger charge is 2.06. The number of likely N-dealkylation sites (N-methyl/N-ethyl adjacent to an activating group) is 1. The van der Waals surface area contributed by atoms with Crippen molar-refractivity contribution in [2.24, 2.45) is 0 Å². The van der Waals surface area contributed by atoms with Crippen LogP contribution < -0.4 is 10.9 Å². The van der Waals surface area contributed by atoms with Gasteiger partial charge < -0.3 is 9.88 Å². The van der Waals surface area contributed by atoms with E-state index in [0.29, 0.717) is 11.9 Å². The molecule has 0 aliphatic heterocycles. The van der Waals surface area contributed by atoms with Crippen LogP contribution in [0.2, 0.25) is 0 Å². The number of hydrogen-bond donors (Lipinski definition) is 1. The molecule has 4 nitrogen and oxygen atoms in total. The molecular formula is C13H13BrN2O2. The van der Waals surface area contributed by atoms with Gasteiger partial charge in [-0.1, -0.05) is 15.9 Å². The molecule has 5 heteroatoms. The summed E-state index contributed by atoms with van der Waals surface area (Å²) in [5.41, 5.74) is -0.147. The second kappa shape index (κ2) is 5.35. The molecule has 0 aliphatic rings. The summed E-state index contributed by atoms with van der Waals surface area (Å²) >= 11 is 3.36. The van der Waals surface area contributed by atoms with Crippen LogP contribution in [0.4, 0.5) is 0 Å². The Hall–Kier alpha value is -1.62. The van der Waals surface area contributed by atoms with Crippen molar-refractivity contribution in [2.45, 2.75) is 13.5 Å². The number of nitrogens with one attached hydrogen (secondary N) is 1. The number of fused-ring (bicyclic) bond motifs is 1. The number of amides is 1. The molecule has 2 aromatic rings. The van der Waals surface area contributed by atoms with E-state index in [1.54, 1.807) is 12.3 Å². The fourth-order valence-corrected chi connectivity index (χ4v) is 2.17. The van der Waals surface area contributed by atoms with Crippen molar-refractivity contribution in [3.63, 3.8) is 0 Å². The van der Waals surface area contributed by atoms with Crippen LogP contribution in [0.25, 0.3) is 10.8 Å². The number of carbonyl (C=O) groups is 1. The molecule has 1 amide bonds. The SMILES string of the molecule is CCNC(=O)Cn1ccc2cc(Br)ccc2c1=O. The van der Waals surface area contributed by atoms with Gasteiger partial charge in [-0.3, -0.25) is 9.59 Å². The number of nitrogens with zero attached hydrogens (tertiary/aromatic N) is 1. The molecule has 1 aromatic carbocycles. The number of aromatic nitrogens is 1. The van der Waals surface area contributed by atoms with Gasteiger partial charge in [0.2, 0.25) is 5.91 Å². The minimum absolute atomic E-state index is 0.0542. The van der Waals surface area contributed by atoms with Crippen molar-refractivity contribution < 1.29 is 4.79 Å². The van der Waals surface area contributed by atoms with Gasteiger partial charge >= 0.3 is 0 Å². The summed E-state index contributed by atoms with van der Waals surface area (Å²) in [7, 11) is 0. The van der Waals surface area contributed by atoms with Crippen LogP contribution in [0.5, 0.6) is 0 Å². The summed E-state index contributed by atoms with van der Waals surface area (Å²) in [5.74, 6) is -0.156. The highest BCUT2D eigenvalue weighted by atomic mass is 79.9. The van der Waals surface area contributed by atoms with Crippen LogP contribution in [0.15, 0.2) is 39.7 Å². The van der Waals surface area contributed by atoms with Gasteiger partial charge in [-0.05, 0) is 36.6 Å². The van der Waals surface area contributed by atoms with Gasteiger partial charge in [0, 0.05) is 22.6 Å². The lowest BCUT2D eigenvalue weighted by atomic mass is 10.2. The van der Waals surface area contributed by atoms with E-state index in [-0.39, 0.29) is 18.0 Å². The van der Waals surface area contributed by atoms with Crippen molar-refractivity contribution >= 4 is 32.6 Å². The third-order valence-corrected chi connectivity index (χ3v) is 3.12. The van der Waals surface area contributed by atoms with Gasteiger partial charge in [0.25, 0.3) is 5.56 Å². The molecule has 1 N–H and O–H groups in total. The Morgan fingerprint density at radius 2 is 2.17 bits per heavy atom. The fourth-order valence-electron chi connectivity index (χ4n) is 1.79. The largest absolute Gasteiger partial charge is 0.355 e. The minimum atomic E-state index is -0.156. The quantitative estimate of drug-likeness (QED) is 0.941. The van der Waals surface area contributed by atoms with Crippen molar-refractivity contribution in [2.75, 3.05) is 6.54 Å². The summed E-state index contributed by atoms with van der Waals surface area (Å²) < 4.78 is 2.34. The van der Waals surface area contributed by atoms with Crippen LogP contribution in [0.3, 0.4) is 0 Å². The van der Waals surface area contributed by atoms with E-state index < -0.39 is 0 Å². The Kier molecular flexibility index (Phi) is 3.81. The number of benzene rings is 1. The number of pyridine rings is 1. The molecule has 0 fully saturated rings. The second-order valence-electron chi connectivity index (χ2n) is 3.93. The molecule has 0 atom stereocenters. The second-order valence-corrected chi connectivity index (χ2v) is 4.85. The van der Waals surface area contributed by atoms with E-state index in [9.17, 15) is 9.59 Å². The zero-order chi connectivity index (χ0) is 13.1. The van der Waals surface area contributed by atoms with Crippen LogP contribution >= 0.6 is 15.9 Å². The van der Waals surface area contributed by atoms with E-state index in [2.05, 4.69) is 21.2 Å². The maximum atomic E-state index is 12.1. The van der Waals surface area contributed by atoms with Gasteiger partial charge in [-0.2, -0.15) is 0 Å². The molecule has 2 rings (SSSR count). The van der Waals surface area contributed by atoms with Crippen LogP contribution in [0, 0.1) is 0 Å². The van der Waals surface area contributed by atoms with E-state index in [4.69, 9.17) is 0 Å². The van der Waals surface area contributed by atoms with E-state index in [1.807, 2.05) is 25.1 Å². The lowest BCUT2D eigenvalue weighted by molar-refractivity contribution is -0.121. The van der Waals surface area contributed by atoms with Crippen LogP contribution in [-0.2, 0) is 11.3 Å². The Morgan fingerprint density at radius 1 is 1.39 bits per heavy atom. The van der Waals surface area contributed by atoms with E-state index in [1.165, 1.54) is 4.57 Å². The smallest absolute Gasteiger partial charge is 0.258 e. The Balaban J connectivity index is 2.42. The van der Waals surface area contributed by atoms with Crippen LogP contribution in [-0.4, -0.2) is 17.0 Å². The molecule has 0 unspecified atom stereocenters. The molecule has 1 aromatic heterocycles. The maximum Gasteiger partial charge on any atom is 0.258 e. The van der Waals surface area contributed by atoms with Crippen molar-refractivity contribution in [3.05, 3.63) is 45.3 Å². The van der Waals surface area contributed by atoms with Gasteiger partial charge in [-0.15, -0.1) is 0 Å². The van der Waals surface area contributed by atoms with Crippen LogP contribution in [0.1, 0.15) is 6.92 Å². The number of carbonyl (C=O) groups excluding carboxylic acids is 1. The predicted octanol–water partition coefficient (Wildman–Crippen LogP) is 1.90. The molecule has 94 valence electrons. The first kappa shape index (κ1) is 12.8. The van der Waals surface area contributed by atoms with E-state index >= 15 is 0 Å². The van der Waals surface area contributed by atoms with Gasteiger partial charge in [0.1, 0.15) is 6.54 Å². The average Bonchev–Trinajstić information content (AvgIpc) is 2.33. The Bertz CT molecular complexity index is 649. The molecule has 0 radical (unpaired) electrons. The summed E-state index contributed by atoms with van der Waals surface area (Å²) in [6, 6.07) is 7.30. The lowest BCUT2D eigenvalue weighted by Gasteiger charge is -2.07. The molecule has 0 aliphatic carbocycles. The summed E-state index contributed by atoms with van der Waals surface area (Å²) in [5, 5.41) is 4.15. The molecule has 18 heavy (non-hydrogen) atoms. The van der Waals surface area contributed by atoms with Gasteiger partial charge in [0.05, 0.1) is 0 Å². The first-order valence-corrected chi connectivity index (χ1v) is 6.46. The maximum absolute atomic E-state index is 12.1. The zero-order valence-corrected chi connectivity index (χ0v) is 11.5. The molecule has 0 spiro atoms. The molecule has 0 bridgehead atoms. The zero-order valence-electron chi connectivity index (χ0n) is 9.94. The van der Waals surface area contributed by atoms with Gasteiger partial charge in [-0.25, -0.2) is 0 Å². The summed E-state index contributed by atoms with van der Waals surface area (Å²) in [4.78, 5) is 23.6. The standard InChI is InChI=1S/C13H13BrN2O2/c1-2-15-12(17)8-16-6-5-9-7-10(14)3-4-11(9)13(16)18/h3-7H,2,8H2,1H3,(H,15,17). The van der Waals surface area contributed by atoms with Crippen molar-refractivity contribution in [1.29, 1.82) is 0 Å². The normalized spacial score (nSPS) is 10.6. The topological polar surface area (TPSA) is 51.1 Å². The first-order valence-electron chi connectivity index (χ1n) is 5.67. The van der Waals surface area contributed by atoms with Crippen molar-refractivity contribution in [3.8, 4) is 0 Å². The molecule has 0 saturated carbocycles. The summed E-state index contributed by atoms with van der Waals surface area (Å²) in [6.07, 6.45) is 1.65.